The normalized spacial score (nSPS) is 14.2. The number of esters is 1. The van der Waals surface area contributed by atoms with Gasteiger partial charge < -0.3 is 25.5 Å². The number of aliphatic hydroxyl groups is 2. The Hall–Kier alpha value is -2.54. The molecule has 0 aliphatic rings. The third-order valence-electron chi connectivity index (χ3n) is 7.98. The first kappa shape index (κ1) is 44.5. The summed E-state index contributed by atoms with van der Waals surface area (Å²) in [7, 11) is 1.36. The van der Waals surface area contributed by atoms with E-state index in [9.17, 15) is 24.9 Å². The van der Waals surface area contributed by atoms with Crippen molar-refractivity contribution in [2.24, 2.45) is 11.8 Å². The van der Waals surface area contributed by atoms with Crippen LogP contribution < -0.4 is 18.9 Å². The molecule has 0 fully saturated rings. The number of hydrogen-bond donors (Lipinski definition) is 3. The summed E-state index contributed by atoms with van der Waals surface area (Å²) in [5.41, 5.74) is 3.12. The number of halogens is 4. The van der Waals surface area contributed by atoms with Crippen LogP contribution in [0.5, 0.6) is 0 Å². The molecule has 0 bridgehead atoms. The van der Waals surface area contributed by atoms with Crippen molar-refractivity contribution in [3.63, 3.8) is 0 Å². The van der Waals surface area contributed by atoms with Crippen molar-refractivity contribution in [1.29, 1.82) is 0 Å². The molecule has 6 atom stereocenters. The third-order valence-corrected chi connectivity index (χ3v) is 8.95. The van der Waals surface area contributed by atoms with Crippen LogP contribution in [0.3, 0.4) is 0 Å². The molecule has 258 valence electrons. The Morgan fingerprint density at radius 2 is 0.980 bits per heavy atom. The predicted molar refractivity (Wildman–Crippen MR) is 190 cm³/mol. The predicted octanol–water partition coefficient (Wildman–Crippen LogP) is 6.76. The van der Waals surface area contributed by atoms with Gasteiger partial charge in [0.25, 0.3) is 0 Å². The fourth-order valence-corrected chi connectivity index (χ4v) is 5.96. The van der Waals surface area contributed by atoms with Gasteiger partial charge in [0.1, 0.15) is 0 Å². The van der Waals surface area contributed by atoms with Crippen molar-refractivity contribution in [1.82, 2.24) is 0 Å². The van der Waals surface area contributed by atoms with Crippen LogP contribution in [-0.4, -0.2) is 39.8 Å². The SMILES string of the molecule is CC(CC(c1cccc(Cl)c1)C(O)c1ccc(Cl)cc1)C(=O)O.COC(=O)C(C)CC(c1cccc(Cl)c1)C(O)c1ccc(Cl)cc1.[Li+].[OH-]. The minimum absolute atomic E-state index is 0. The fraction of sp³-hybridized carbons (Fsp3) is 0.297. The standard InChI is InChI=1S/C19H20Cl2O3.C18H18Cl2O3.Li.H2O/c1-12(19(23)24-2)10-17(14-4-3-5-16(21)11-14)18(22)13-6-8-15(20)9-7-13;1-11(18(22)23)9-16(13-3-2-4-15(20)10-13)17(21)12-5-7-14(19)8-6-12;;/h3-9,11-12,17-18,22H,10H2,1-2H3;2-8,10-11,16-17,21H,9H2,1H3,(H,22,23);;1H2/q;;+1;/p-1. The number of aliphatic hydroxyl groups excluding tert-OH is 2. The average Bonchev–Trinajstić information content (AvgIpc) is 3.05. The van der Waals surface area contributed by atoms with Crippen LogP contribution in [0.25, 0.3) is 0 Å². The van der Waals surface area contributed by atoms with E-state index in [1.807, 2.05) is 24.3 Å². The smallest absolute Gasteiger partial charge is 0.870 e. The number of aliphatic carboxylic acids is 1. The molecule has 0 aliphatic carbocycles. The number of hydrogen-bond acceptors (Lipinski definition) is 6. The molecule has 0 aromatic heterocycles. The second kappa shape index (κ2) is 21.6. The fourth-order valence-electron chi connectivity index (χ4n) is 5.31. The van der Waals surface area contributed by atoms with Crippen molar-refractivity contribution in [3.8, 4) is 0 Å². The van der Waals surface area contributed by atoms with Crippen LogP contribution in [-0.2, 0) is 14.3 Å². The van der Waals surface area contributed by atoms with Gasteiger partial charge in [0.2, 0.25) is 0 Å². The van der Waals surface area contributed by atoms with E-state index >= 15 is 0 Å². The number of carbonyl (C=O) groups excluding carboxylic acids is 1. The molecule has 0 spiro atoms. The van der Waals surface area contributed by atoms with E-state index in [0.29, 0.717) is 38.5 Å². The third kappa shape index (κ3) is 13.6. The molecule has 0 saturated heterocycles. The van der Waals surface area contributed by atoms with Crippen molar-refractivity contribution >= 4 is 58.3 Å². The molecule has 0 heterocycles. The number of rotatable bonds is 12. The van der Waals surface area contributed by atoms with E-state index in [0.717, 1.165) is 16.7 Å². The molecular formula is C37H39Cl4LiO7. The summed E-state index contributed by atoms with van der Waals surface area (Å²) < 4.78 is 4.81. The monoisotopic (exact) mass is 742 g/mol. The van der Waals surface area contributed by atoms with E-state index in [4.69, 9.17) is 51.1 Å². The maximum Gasteiger partial charge on any atom is 1.00 e. The van der Waals surface area contributed by atoms with Gasteiger partial charge in [-0.1, -0.05) is 109 Å². The summed E-state index contributed by atoms with van der Waals surface area (Å²) in [6.45, 7) is 3.42. The Kier molecular flexibility index (Phi) is 19.6. The summed E-state index contributed by atoms with van der Waals surface area (Å²) in [4.78, 5) is 23.0. The van der Waals surface area contributed by atoms with Crippen LogP contribution in [0.15, 0.2) is 97.1 Å². The molecule has 6 unspecified atom stereocenters. The minimum atomic E-state index is -0.889. The summed E-state index contributed by atoms with van der Waals surface area (Å²) in [5.74, 6) is -2.78. The average molecular weight is 744 g/mol. The molecule has 4 rings (SSSR count). The van der Waals surface area contributed by atoms with E-state index in [1.165, 1.54) is 7.11 Å². The molecule has 4 aromatic rings. The van der Waals surface area contributed by atoms with E-state index in [-0.39, 0.29) is 48.1 Å². The summed E-state index contributed by atoms with van der Waals surface area (Å²) >= 11 is 23.9. The summed E-state index contributed by atoms with van der Waals surface area (Å²) in [6, 6.07) is 28.4. The maximum absolute atomic E-state index is 11.8. The van der Waals surface area contributed by atoms with Crippen molar-refractivity contribution in [2.45, 2.75) is 50.7 Å². The second-order valence-corrected chi connectivity index (χ2v) is 13.2. The van der Waals surface area contributed by atoms with Crippen LogP contribution in [0, 0.1) is 11.8 Å². The largest absolute Gasteiger partial charge is 1.00 e. The van der Waals surface area contributed by atoms with Gasteiger partial charge in [-0.15, -0.1) is 0 Å². The van der Waals surface area contributed by atoms with Gasteiger partial charge in [-0.2, -0.15) is 0 Å². The molecule has 0 radical (unpaired) electrons. The molecule has 12 heteroatoms. The van der Waals surface area contributed by atoms with Crippen molar-refractivity contribution < 1.29 is 54.0 Å². The molecule has 4 aromatic carbocycles. The molecule has 0 amide bonds. The maximum atomic E-state index is 11.8. The molecular weight excluding hydrogens is 705 g/mol. The van der Waals surface area contributed by atoms with Gasteiger partial charge in [-0.3, -0.25) is 9.59 Å². The Morgan fingerprint density at radius 3 is 1.31 bits per heavy atom. The first-order chi connectivity index (χ1) is 22.3. The zero-order valence-corrected chi connectivity index (χ0v) is 30.7. The number of carbonyl (C=O) groups is 2. The summed E-state index contributed by atoms with van der Waals surface area (Å²) in [5, 5.41) is 33.2. The molecule has 0 aliphatic heterocycles. The Bertz CT molecular complexity index is 1610. The quantitative estimate of drug-likeness (QED) is 0.108. The second-order valence-electron chi connectivity index (χ2n) is 11.5. The molecule has 49 heavy (non-hydrogen) atoms. The van der Waals surface area contributed by atoms with Gasteiger partial charge in [-0.25, -0.2) is 0 Å². The number of methoxy groups -OCH3 is 1. The van der Waals surface area contributed by atoms with E-state index in [2.05, 4.69) is 0 Å². The first-order valence-electron chi connectivity index (χ1n) is 15.0. The van der Waals surface area contributed by atoms with Crippen LogP contribution in [0.2, 0.25) is 20.1 Å². The Labute approximate surface area is 319 Å². The van der Waals surface area contributed by atoms with Gasteiger partial charge in [0.15, 0.2) is 0 Å². The molecule has 4 N–H and O–H groups in total. The number of benzene rings is 4. The zero-order chi connectivity index (χ0) is 34.7. The van der Waals surface area contributed by atoms with Crippen molar-refractivity contribution in [2.75, 3.05) is 7.11 Å². The van der Waals surface area contributed by atoms with E-state index in [1.54, 1.807) is 86.6 Å². The van der Waals surface area contributed by atoms with Gasteiger partial charge >= 0.3 is 30.8 Å². The number of ether oxygens (including phenoxy) is 1. The van der Waals surface area contributed by atoms with E-state index < -0.39 is 24.1 Å². The zero-order valence-electron chi connectivity index (χ0n) is 27.6. The van der Waals surface area contributed by atoms with Crippen LogP contribution >= 0.6 is 46.4 Å². The first-order valence-corrected chi connectivity index (χ1v) is 16.5. The molecule has 0 saturated carbocycles. The number of carboxylic acid groups (broad SMARTS) is 1. The minimum Gasteiger partial charge on any atom is -0.870 e. The van der Waals surface area contributed by atoms with Gasteiger partial charge in [-0.05, 0) is 83.6 Å². The topological polar surface area (TPSA) is 134 Å². The Balaban J connectivity index is 0.000000471. The number of carboxylic acids is 1. The van der Waals surface area contributed by atoms with Crippen LogP contribution in [0.4, 0.5) is 0 Å². The van der Waals surface area contributed by atoms with Crippen molar-refractivity contribution in [3.05, 3.63) is 139 Å². The summed E-state index contributed by atoms with van der Waals surface area (Å²) in [6.07, 6.45) is -0.878. The molecule has 7 nitrogen and oxygen atoms in total. The van der Waals surface area contributed by atoms with Gasteiger partial charge in [0, 0.05) is 31.9 Å². The Morgan fingerprint density at radius 1 is 0.612 bits per heavy atom. The van der Waals surface area contributed by atoms with Crippen LogP contribution in [0.1, 0.15) is 73.0 Å². The van der Waals surface area contributed by atoms with Gasteiger partial charge in [0.05, 0.1) is 31.2 Å².